The van der Waals surface area contributed by atoms with Crippen LogP contribution in [0.2, 0.25) is 0 Å². The Labute approximate surface area is 102 Å². The fourth-order valence-corrected chi connectivity index (χ4v) is 1.36. The average molecular weight is 263 g/mol. The van der Waals surface area contributed by atoms with E-state index in [-0.39, 0.29) is 5.56 Å². The van der Waals surface area contributed by atoms with E-state index in [9.17, 15) is 18.0 Å². The summed E-state index contributed by atoms with van der Waals surface area (Å²) >= 11 is 5.46. The molecule has 1 rings (SSSR count). The predicted octanol–water partition coefficient (Wildman–Crippen LogP) is 4.07. The fraction of sp³-hybridized carbons (Fsp3) is 0.250. The number of Topliss-reactive ketones (excluding diaryl/α,β-unsaturated/α-hetero) is 1. The maximum Gasteiger partial charge on any atom is 0.454 e. The standard InChI is InChI=1S/C12H10ClF3O/c13-7-2-1-4-9-5-3-6-10(8-9)11(17)12(14,15)16/h1,3-6,8H,2,7H2. The van der Waals surface area contributed by atoms with Crippen molar-refractivity contribution < 1.29 is 18.0 Å². The first kappa shape index (κ1) is 13.8. The molecule has 0 fully saturated rings. The number of hydrogen-bond acceptors (Lipinski definition) is 1. The highest BCUT2D eigenvalue weighted by Gasteiger charge is 2.39. The van der Waals surface area contributed by atoms with Crippen molar-refractivity contribution in [3.63, 3.8) is 0 Å². The Hall–Kier alpha value is -1.29. The molecule has 92 valence electrons. The lowest BCUT2D eigenvalue weighted by atomic mass is 10.1. The van der Waals surface area contributed by atoms with Crippen LogP contribution in [0.5, 0.6) is 0 Å². The number of rotatable bonds is 4. The number of ketones is 1. The van der Waals surface area contributed by atoms with E-state index in [1.165, 1.54) is 12.1 Å². The summed E-state index contributed by atoms with van der Waals surface area (Å²) in [7, 11) is 0. The normalized spacial score (nSPS) is 12.0. The lowest BCUT2D eigenvalue weighted by Gasteiger charge is -2.05. The van der Waals surface area contributed by atoms with Crippen LogP contribution in [0, 0.1) is 0 Å². The fourth-order valence-electron chi connectivity index (χ4n) is 1.23. The zero-order chi connectivity index (χ0) is 12.9. The van der Waals surface area contributed by atoms with E-state index in [2.05, 4.69) is 0 Å². The van der Waals surface area contributed by atoms with Crippen molar-refractivity contribution in [2.45, 2.75) is 12.6 Å². The molecule has 0 unspecified atom stereocenters. The third-order valence-electron chi connectivity index (χ3n) is 1.99. The summed E-state index contributed by atoms with van der Waals surface area (Å²) in [6, 6.07) is 5.40. The van der Waals surface area contributed by atoms with E-state index >= 15 is 0 Å². The number of halogens is 4. The van der Waals surface area contributed by atoms with Gasteiger partial charge in [0.15, 0.2) is 0 Å². The van der Waals surface area contributed by atoms with Gasteiger partial charge in [0.25, 0.3) is 5.78 Å². The van der Waals surface area contributed by atoms with Gasteiger partial charge in [0.1, 0.15) is 0 Å². The van der Waals surface area contributed by atoms with Crippen molar-refractivity contribution in [3.8, 4) is 0 Å². The van der Waals surface area contributed by atoms with Crippen molar-refractivity contribution in [2.75, 3.05) is 5.88 Å². The highest BCUT2D eigenvalue weighted by atomic mass is 35.5. The van der Waals surface area contributed by atoms with Gasteiger partial charge in [0.2, 0.25) is 0 Å². The first-order valence-electron chi connectivity index (χ1n) is 4.89. The SMILES string of the molecule is O=C(c1cccc(C=CCCCl)c1)C(F)(F)F. The number of carbonyl (C=O) groups is 1. The first-order valence-corrected chi connectivity index (χ1v) is 5.42. The highest BCUT2D eigenvalue weighted by molar-refractivity contribution is 6.17. The van der Waals surface area contributed by atoms with Crippen molar-refractivity contribution >= 4 is 23.5 Å². The van der Waals surface area contributed by atoms with E-state index in [0.29, 0.717) is 17.9 Å². The molecule has 0 N–H and O–H groups in total. The second-order valence-corrected chi connectivity index (χ2v) is 3.71. The second-order valence-electron chi connectivity index (χ2n) is 3.33. The zero-order valence-electron chi connectivity index (χ0n) is 8.80. The molecule has 1 nitrogen and oxygen atoms in total. The summed E-state index contributed by atoms with van der Waals surface area (Å²) in [4.78, 5) is 11.0. The summed E-state index contributed by atoms with van der Waals surface area (Å²) in [5.74, 6) is -1.39. The Kier molecular flexibility index (Phi) is 4.75. The summed E-state index contributed by atoms with van der Waals surface area (Å²) < 4.78 is 36.6. The highest BCUT2D eigenvalue weighted by Crippen LogP contribution is 2.22. The van der Waals surface area contributed by atoms with E-state index in [0.717, 1.165) is 6.07 Å². The average Bonchev–Trinajstić information content (AvgIpc) is 2.28. The second kappa shape index (κ2) is 5.87. The van der Waals surface area contributed by atoms with Gasteiger partial charge in [0, 0.05) is 11.4 Å². The first-order chi connectivity index (χ1) is 7.95. The topological polar surface area (TPSA) is 17.1 Å². The van der Waals surface area contributed by atoms with Gasteiger partial charge in [-0.1, -0.05) is 30.4 Å². The van der Waals surface area contributed by atoms with Crippen LogP contribution in [0.4, 0.5) is 13.2 Å². The van der Waals surface area contributed by atoms with Crippen molar-refractivity contribution in [2.24, 2.45) is 0 Å². The monoisotopic (exact) mass is 262 g/mol. The molecule has 1 aromatic carbocycles. The van der Waals surface area contributed by atoms with Crippen LogP contribution in [-0.4, -0.2) is 17.8 Å². The molecule has 0 atom stereocenters. The largest absolute Gasteiger partial charge is 0.454 e. The third kappa shape index (κ3) is 4.23. The lowest BCUT2D eigenvalue weighted by Crippen LogP contribution is -2.22. The number of allylic oxidation sites excluding steroid dienone is 1. The van der Waals surface area contributed by atoms with E-state index < -0.39 is 12.0 Å². The molecule has 0 bridgehead atoms. The Morgan fingerprint density at radius 3 is 2.65 bits per heavy atom. The van der Waals surface area contributed by atoms with Crippen LogP contribution >= 0.6 is 11.6 Å². The number of hydrogen-bond donors (Lipinski definition) is 0. The minimum Gasteiger partial charge on any atom is -0.284 e. The van der Waals surface area contributed by atoms with Crippen molar-refractivity contribution in [1.29, 1.82) is 0 Å². The molecule has 17 heavy (non-hydrogen) atoms. The summed E-state index contributed by atoms with van der Waals surface area (Å²) in [5.41, 5.74) is 0.191. The minimum atomic E-state index is -4.83. The van der Waals surface area contributed by atoms with Crippen LogP contribution < -0.4 is 0 Å². The van der Waals surface area contributed by atoms with E-state index in [4.69, 9.17) is 11.6 Å². The maximum atomic E-state index is 12.2. The number of carbonyl (C=O) groups excluding carboxylic acids is 1. The number of alkyl halides is 4. The minimum absolute atomic E-state index is 0.356. The molecule has 1 aromatic rings. The molecule has 0 spiro atoms. The summed E-state index contributed by atoms with van der Waals surface area (Å²) in [6.45, 7) is 0. The van der Waals surface area contributed by atoms with Gasteiger partial charge in [-0.3, -0.25) is 4.79 Å². The predicted molar refractivity (Wildman–Crippen MR) is 61.2 cm³/mol. The summed E-state index contributed by atoms with van der Waals surface area (Å²) in [6.07, 6.45) is -0.836. The maximum absolute atomic E-state index is 12.2. The third-order valence-corrected chi connectivity index (χ3v) is 2.21. The smallest absolute Gasteiger partial charge is 0.284 e. The molecule has 0 radical (unpaired) electrons. The van der Waals surface area contributed by atoms with Gasteiger partial charge >= 0.3 is 6.18 Å². The molecular formula is C12H10ClF3O. The zero-order valence-corrected chi connectivity index (χ0v) is 9.55. The lowest BCUT2D eigenvalue weighted by molar-refractivity contribution is -0.0885. The van der Waals surface area contributed by atoms with Gasteiger partial charge < -0.3 is 0 Å². The molecule has 5 heteroatoms. The number of benzene rings is 1. The van der Waals surface area contributed by atoms with E-state index in [1.54, 1.807) is 18.2 Å². The Morgan fingerprint density at radius 2 is 2.06 bits per heavy atom. The van der Waals surface area contributed by atoms with Crippen LogP contribution in [0.1, 0.15) is 22.3 Å². The molecule has 0 aliphatic carbocycles. The van der Waals surface area contributed by atoms with Gasteiger partial charge in [-0.25, -0.2) is 0 Å². The van der Waals surface area contributed by atoms with E-state index in [1.807, 2.05) is 0 Å². The van der Waals surface area contributed by atoms with Gasteiger partial charge in [0.05, 0.1) is 0 Å². The molecule has 0 saturated carbocycles. The Balaban J connectivity index is 2.90. The summed E-state index contributed by atoms with van der Waals surface area (Å²) in [5, 5.41) is 0. The van der Waals surface area contributed by atoms with Crippen LogP contribution in [0.25, 0.3) is 6.08 Å². The van der Waals surface area contributed by atoms with Gasteiger partial charge in [-0.2, -0.15) is 13.2 Å². The Bertz CT molecular complexity index is 424. The molecular weight excluding hydrogens is 253 g/mol. The molecule has 0 aromatic heterocycles. The van der Waals surface area contributed by atoms with Crippen LogP contribution in [-0.2, 0) is 0 Å². The van der Waals surface area contributed by atoms with Crippen molar-refractivity contribution in [1.82, 2.24) is 0 Å². The molecule has 0 aliphatic rings. The van der Waals surface area contributed by atoms with Gasteiger partial charge in [-0.15, -0.1) is 11.6 Å². The molecule has 0 heterocycles. The van der Waals surface area contributed by atoms with Crippen molar-refractivity contribution in [3.05, 3.63) is 41.5 Å². The van der Waals surface area contributed by atoms with Crippen LogP contribution in [0.15, 0.2) is 30.3 Å². The molecule has 0 aliphatic heterocycles. The quantitative estimate of drug-likeness (QED) is 0.590. The van der Waals surface area contributed by atoms with Gasteiger partial charge in [-0.05, 0) is 18.1 Å². The molecule has 0 amide bonds. The Morgan fingerprint density at radius 1 is 1.35 bits per heavy atom. The molecule has 0 saturated heterocycles. The van der Waals surface area contributed by atoms with Crippen LogP contribution in [0.3, 0.4) is 0 Å².